The largest absolute Gasteiger partial charge is 0.465 e. The van der Waals surface area contributed by atoms with Crippen LogP contribution >= 0.6 is 0 Å². The Bertz CT molecular complexity index is 476. The first-order chi connectivity index (χ1) is 9.08. The second kappa shape index (κ2) is 5.73. The lowest BCUT2D eigenvalue weighted by atomic mass is 10.1. The Balaban J connectivity index is 2.17. The normalized spacial score (nSPS) is 18.9. The predicted molar refractivity (Wildman–Crippen MR) is 70.0 cm³/mol. The summed E-state index contributed by atoms with van der Waals surface area (Å²) in [6.07, 6.45) is 0.850. The van der Waals surface area contributed by atoms with Gasteiger partial charge in [-0.3, -0.25) is 4.90 Å². The molecule has 5 heteroatoms. The molecule has 0 fully saturated rings. The van der Waals surface area contributed by atoms with Gasteiger partial charge in [-0.2, -0.15) is 0 Å². The summed E-state index contributed by atoms with van der Waals surface area (Å²) in [4.78, 5) is 14.0. The lowest BCUT2D eigenvalue weighted by Gasteiger charge is -2.38. The topological polar surface area (TPSA) is 43.8 Å². The molecular weight excluding hydrogens is 247 g/mol. The van der Waals surface area contributed by atoms with Crippen molar-refractivity contribution < 1.29 is 14.3 Å². The molecule has 1 aromatic carbocycles. The van der Waals surface area contributed by atoms with Crippen LogP contribution in [0.2, 0.25) is 0 Å². The molecule has 102 valence electrons. The van der Waals surface area contributed by atoms with Crippen LogP contribution in [0.4, 0.5) is 9.18 Å². The summed E-state index contributed by atoms with van der Waals surface area (Å²) in [7, 11) is 1.52. The minimum Gasteiger partial charge on any atom is -0.465 e. The molecule has 0 aromatic heterocycles. The van der Waals surface area contributed by atoms with Crippen LogP contribution in [0.5, 0.6) is 0 Å². The van der Waals surface area contributed by atoms with Crippen molar-refractivity contribution in [1.82, 2.24) is 9.80 Å². The second-order valence-electron chi connectivity index (χ2n) is 4.65. The minimum absolute atomic E-state index is 0.203. The molecule has 0 radical (unpaired) electrons. The number of halogens is 1. The summed E-state index contributed by atoms with van der Waals surface area (Å²) in [5.41, 5.74) is 1.03. The van der Waals surface area contributed by atoms with Crippen molar-refractivity contribution in [3.8, 4) is 0 Å². The zero-order chi connectivity index (χ0) is 13.8. The van der Waals surface area contributed by atoms with Crippen molar-refractivity contribution in [3.63, 3.8) is 0 Å². The van der Waals surface area contributed by atoms with E-state index in [-0.39, 0.29) is 18.4 Å². The second-order valence-corrected chi connectivity index (χ2v) is 4.65. The van der Waals surface area contributed by atoms with Crippen LogP contribution in [0.25, 0.3) is 0 Å². The number of hydrogen-bond acceptors (Lipinski definition) is 2. The van der Waals surface area contributed by atoms with Gasteiger partial charge in [0.05, 0.1) is 0 Å². The number of carbonyl (C=O) groups is 1. The molecule has 1 aliphatic heterocycles. The molecule has 0 saturated heterocycles. The number of rotatable bonds is 3. The third kappa shape index (κ3) is 3.24. The molecule has 0 saturated carbocycles. The molecule has 1 heterocycles. The Labute approximate surface area is 111 Å². The third-order valence-corrected chi connectivity index (χ3v) is 3.29. The molecule has 1 unspecified atom stereocenters. The number of benzene rings is 1. The highest BCUT2D eigenvalue weighted by molar-refractivity contribution is 5.64. The molecule has 1 aromatic rings. The number of nitrogens with zero attached hydrogens (tertiary/aromatic N) is 2. The van der Waals surface area contributed by atoms with Gasteiger partial charge in [-0.25, -0.2) is 9.18 Å². The standard InChI is InChI=1S/C14H17FN2O2/c1-16(14(18)19)13-8-7-12(15)10-17(13)9-11-5-3-2-4-6-11/h2-6,10,13H,7-9H2,1H3,(H,18,19). The maximum Gasteiger partial charge on any atom is 0.408 e. The first-order valence-electron chi connectivity index (χ1n) is 6.19. The monoisotopic (exact) mass is 264 g/mol. The van der Waals surface area contributed by atoms with Gasteiger partial charge in [-0.05, 0) is 12.0 Å². The highest BCUT2D eigenvalue weighted by Gasteiger charge is 2.28. The van der Waals surface area contributed by atoms with E-state index in [0.29, 0.717) is 13.0 Å². The molecule has 4 nitrogen and oxygen atoms in total. The number of allylic oxidation sites excluding steroid dienone is 1. The molecule has 1 atom stereocenters. The van der Waals surface area contributed by atoms with Crippen LogP contribution in [-0.2, 0) is 6.54 Å². The quantitative estimate of drug-likeness (QED) is 0.912. The zero-order valence-corrected chi connectivity index (χ0v) is 10.8. The first-order valence-corrected chi connectivity index (χ1v) is 6.19. The van der Waals surface area contributed by atoms with E-state index in [1.165, 1.54) is 18.1 Å². The van der Waals surface area contributed by atoms with Crippen LogP contribution in [0.15, 0.2) is 42.4 Å². The van der Waals surface area contributed by atoms with E-state index in [9.17, 15) is 9.18 Å². The Kier molecular flexibility index (Phi) is 4.04. The van der Waals surface area contributed by atoms with Crippen molar-refractivity contribution >= 4 is 6.09 Å². The van der Waals surface area contributed by atoms with Gasteiger partial charge in [0.1, 0.15) is 12.0 Å². The van der Waals surface area contributed by atoms with Gasteiger partial charge in [0.2, 0.25) is 0 Å². The summed E-state index contributed by atoms with van der Waals surface area (Å²) < 4.78 is 13.4. The van der Waals surface area contributed by atoms with Crippen molar-refractivity contribution in [1.29, 1.82) is 0 Å². The number of carboxylic acid groups (broad SMARTS) is 1. The highest BCUT2D eigenvalue weighted by Crippen LogP contribution is 2.25. The van der Waals surface area contributed by atoms with E-state index in [4.69, 9.17) is 5.11 Å². The molecule has 1 N–H and O–H groups in total. The Morgan fingerprint density at radius 3 is 2.79 bits per heavy atom. The lowest BCUT2D eigenvalue weighted by Crippen LogP contribution is -2.47. The van der Waals surface area contributed by atoms with Crippen LogP contribution < -0.4 is 0 Å². The van der Waals surface area contributed by atoms with E-state index >= 15 is 0 Å². The number of hydrogen-bond donors (Lipinski definition) is 1. The predicted octanol–water partition coefficient (Wildman–Crippen LogP) is 3.03. The van der Waals surface area contributed by atoms with E-state index < -0.39 is 6.09 Å². The van der Waals surface area contributed by atoms with Gasteiger partial charge in [0.15, 0.2) is 0 Å². The van der Waals surface area contributed by atoms with Crippen LogP contribution in [0.3, 0.4) is 0 Å². The fourth-order valence-corrected chi connectivity index (χ4v) is 2.25. The minimum atomic E-state index is -1.00. The highest BCUT2D eigenvalue weighted by atomic mass is 19.1. The van der Waals surface area contributed by atoms with Gasteiger partial charge in [-0.15, -0.1) is 0 Å². The smallest absolute Gasteiger partial charge is 0.408 e. The SMILES string of the molecule is CN(C(=O)O)C1CCC(F)=CN1Cc1ccccc1. The molecule has 19 heavy (non-hydrogen) atoms. The van der Waals surface area contributed by atoms with Crippen molar-refractivity contribution in [2.24, 2.45) is 0 Å². The summed E-state index contributed by atoms with van der Waals surface area (Å²) in [5.74, 6) is -0.203. The maximum absolute atomic E-state index is 13.4. The fraction of sp³-hybridized carbons (Fsp3) is 0.357. The van der Waals surface area contributed by atoms with Crippen molar-refractivity contribution in [2.45, 2.75) is 25.6 Å². The molecule has 1 aliphatic rings. The fourth-order valence-electron chi connectivity index (χ4n) is 2.25. The van der Waals surface area contributed by atoms with E-state index in [0.717, 1.165) is 5.56 Å². The molecule has 0 spiro atoms. The Morgan fingerprint density at radius 2 is 2.16 bits per heavy atom. The summed E-state index contributed by atoms with van der Waals surface area (Å²) in [6, 6.07) is 9.62. The third-order valence-electron chi connectivity index (χ3n) is 3.29. The van der Waals surface area contributed by atoms with E-state index in [2.05, 4.69) is 0 Å². The van der Waals surface area contributed by atoms with Gasteiger partial charge < -0.3 is 10.0 Å². The average Bonchev–Trinajstić information content (AvgIpc) is 2.39. The van der Waals surface area contributed by atoms with Gasteiger partial charge >= 0.3 is 6.09 Å². The molecule has 2 rings (SSSR count). The van der Waals surface area contributed by atoms with E-state index in [1.807, 2.05) is 30.3 Å². The molecular formula is C14H17FN2O2. The molecule has 1 amide bonds. The molecule has 0 aliphatic carbocycles. The molecule has 0 bridgehead atoms. The average molecular weight is 264 g/mol. The summed E-state index contributed by atoms with van der Waals surface area (Å²) >= 11 is 0. The zero-order valence-electron chi connectivity index (χ0n) is 10.8. The van der Waals surface area contributed by atoms with Crippen LogP contribution in [0.1, 0.15) is 18.4 Å². The van der Waals surface area contributed by atoms with E-state index in [1.54, 1.807) is 4.90 Å². The van der Waals surface area contributed by atoms with Crippen molar-refractivity contribution in [2.75, 3.05) is 7.05 Å². The Morgan fingerprint density at radius 1 is 1.47 bits per heavy atom. The summed E-state index contributed by atoms with van der Waals surface area (Å²) in [5, 5.41) is 9.07. The van der Waals surface area contributed by atoms with Gasteiger partial charge in [0, 0.05) is 26.2 Å². The Hall–Kier alpha value is -2.04. The summed E-state index contributed by atoms with van der Waals surface area (Å²) in [6.45, 7) is 0.497. The van der Waals surface area contributed by atoms with Gasteiger partial charge in [-0.1, -0.05) is 30.3 Å². The van der Waals surface area contributed by atoms with Crippen LogP contribution in [-0.4, -0.2) is 34.2 Å². The lowest BCUT2D eigenvalue weighted by molar-refractivity contribution is 0.0665. The van der Waals surface area contributed by atoms with Gasteiger partial charge in [0.25, 0.3) is 0 Å². The van der Waals surface area contributed by atoms with Crippen molar-refractivity contribution in [3.05, 3.63) is 47.9 Å². The van der Waals surface area contributed by atoms with Crippen LogP contribution in [0, 0.1) is 0 Å². The number of amides is 1. The maximum atomic E-state index is 13.4. The first kappa shape index (κ1) is 13.4.